The maximum atomic E-state index is 3.44. The number of hydrogen-bond acceptors (Lipinski definition) is 2. The van der Waals surface area contributed by atoms with Gasteiger partial charge in [0.15, 0.2) is 0 Å². The molecule has 1 heterocycles. The molecular weight excluding hydrogens is 160 g/mol. The smallest absolute Gasteiger partial charge is 0.00450 e. The predicted octanol–water partition coefficient (Wildman–Crippen LogP) is 1.57. The molecule has 1 N–H and O–H groups in total. The van der Waals surface area contributed by atoms with E-state index in [1.54, 1.807) is 0 Å². The fourth-order valence-corrected chi connectivity index (χ4v) is 2.34. The molecule has 1 fully saturated rings. The van der Waals surface area contributed by atoms with Crippen LogP contribution in [-0.4, -0.2) is 38.1 Å². The van der Waals surface area contributed by atoms with E-state index in [0.29, 0.717) is 5.41 Å². The molecule has 13 heavy (non-hydrogen) atoms. The molecule has 1 atom stereocenters. The quantitative estimate of drug-likeness (QED) is 0.713. The van der Waals surface area contributed by atoms with E-state index in [1.807, 2.05) is 0 Å². The molecule has 0 aromatic carbocycles. The largest absolute Gasteiger partial charge is 0.316 e. The monoisotopic (exact) mass is 184 g/mol. The molecule has 78 valence electrons. The summed E-state index contributed by atoms with van der Waals surface area (Å²) < 4.78 is 0. The molecule has 0 bridgehead atoms. The van der Waals surface area contributed by atoms with E-state index in [-0.39, 0.29) is 0 Å². The van der Waals surface area contributed by atoms with Crippen LogP contribution in [0.4, 0.5) is 0 Å². The second kappa shape index (κ2) is 4.43. The van der Waals surface area contributed by atoms with Crippen LogP contribution < -0.4 is 5.32 Å². The van der Waals surface area contributed by atoms with Crippen LogP contribution in [0.1, 0.15) is 27.2 Å². The van der Waals surface area contributed by atoms with Crippen LogP contribution in [0, 0.1) is 11.3 Å². The van der Waals surface area contributed by atoms with Crippen molar-refractivity contribution in [3.63, 3.8) is 0 Å². The maximum Gasteiger partial charge on any atom is 0.00450 e. The first-order chi connectivity index (χ1) is 6.02. The highest BCUT2D eigenvalue weighted by atomic mass is 15.1. The van der Waals surface area contributed by atoms with Crippen molar-refractivity contribution in [2.45, 2.75) is 27.2 Å². The van der Waals surface area contributed by atoms with Gasteiger partial charge in [0, 0.05) is 19.6 Å². The maximum absolute atomic E-state index is 3.44. The molecule has 1 unspecified atom stereocenters. The summed E-state index contributed by atoms with van der Waals surface area (Å²) in [5.41, 5.74) is 0.518. The molecule has 0 radical (unpaired) electrons. The van der Waals surface area contributed by atoms with Crippen LogP contribution in [0.2, 0.25) is 0 Å². The molecule has 1 saturated heterocycles. The zero-order valence-corrected chi connectivity index (χ0v) is 9.56. The average molecular weight is 184 g/mol. The van der Waals surface area contributed by atoms with Gasteiger partial charge in [-0.15, -0.1) is 0 Å². The van der Waals surface area contributed by atoms with Crippen molar-refractivity contribution in [3.8, 4) is 0 Å². The van der Waals surface area contributed by atoms with Crippen LogP contribution in [0.5, 0.6) is 0 Å². The third-order valence-corrected chi connectivity index (χ3v) is 2.79. The summed E-state index contributed by atoms with van der Waals surface area (Å²) >= 11 is 0. The number of hydrogen-bond donors (Lipinski definition) is 1. The summed E-state index contributed by atoms with van der Waals surface area (Å²) in [5, 5.41) is 3.44. The molecule has 0 amide bonds. The fraction of sp³-hybridized carbons (Fsp3) is 1.00. The third kappa shape index (κ3) is 3.65. The zero-order chi connectivity index (χ0) is 9.90. The van der Waals surface area contributed by atoms with Crippen molar-refractivity contribution in [2.75, 3.05) is 33.2 Å². The van der Waals surface area contributed by atoms with Crippen molar-refractivity contribution in [3.05, 3.63) is 0 Å². The lowest BCUT2D eigenvalue weighted by Gasteiger charge is -2.30. The molecular formula is C11H24N2. The summed E-state index contributed by atoms with van der Waals surface area (Å²) in [6, 6.07) is 0. The lowest BCUT2D eigenvalue weighted by Crippen LogP contribution is -2.36. The van der Waals surface area contributed by atoms with Crippen LogP contribution >= 0.6 is 0 Å². The van der Waals surface area contributed by atoms with Gasteiger partial charge in [0.1, 0.15) is 0 Å². The molecule has 0 aromatic heterocycles. The first-order valence-corrected chi connectivity index (χ1v) is 5.41. The van der Waals surface area contributed by atoms with E-state index >= 15 is 0 Å². The van der Waals surface area contributed by atoms with Crippen LogP contribution in [0.15, 0.2) is 0 Å². The molecule has 2 nitrogen and oxygen atoms in total. The van der Waals surface area contributed by atoms with E-state index in [2.05, 4.69) is 38.0 Å². The van der Waals surface area contributed by atoms with E-state index in [1.165, 1.54) is 32.6 Å². The van der Waals surface area contributed by atoms with Crippen LogP contribution in [0.3, 0.4) is 0 Å². The van der Waals surface area contributed by atoms with Gasteiger partial charge in [0.25, 0.3) is 0 Å². The normalized spacial score (nSPS) is 29.1. The van der Waals surface area contributed by atoms with Crippen molar-refractivity contribution < 1.29 is 0 Å². The Bertz CT molecular complexity index is 148. The minimum Gasteiger partial charge on any atom is -0.316 e. The standard InChI is InChI=1S/C11H24N2/c1-10(2)7-13(4)9-11(3)5-6-12-8-11/h10,12H,5-9H2,1-4H3. The van der Waals surface area contributed by atoms with Crippen molar-refractivity contribution >= 4 is 0 Å². The number of rotatable bonds is 4. The molecule has 0 saturated carbocycles. The van der Waals surface area contributed by atoms with Crippen molar-refractivity contribution in [2.24, 2.45) is 11.3 Å². The van der Waals surface area contributed by atoms with Gasteiger partial charge in [-0.2, -0.15) is 0 Å². The minimum absolute atomic E-state index is 0.518. The van der Waals surface area contributed by atoms with Crippen LogP contribution in [-0.2, 0) is 0 Å². The number of nitrogens with zero attached hydrogens (tertiary/aromatic N) is 1. The molecule has 2 heteroatoms. The molecule has 0 spiro atoms. The SMILES string of the molecule is CC(C)CN(C)CC1(C)CCNC1. The van der Waals surface area contributed by atoms with Gasteiger partial charge in [0.05, 0.1) is 0 Å². The van der Waals surface area contributed by atoms with E-state index < -0.39 is 0 Å². The van der Waals surface area contributed by atoms with E-state index in [0.717, 1.165) is 5.92 Å². The molecule has 1 aliphatic heterocycles. The summed E-state index contributed by atoms with van der Waals surface area (Å²) in [7, 11) is 2.24. The summed E-state index contributed by atoms with van der Waals surface area (Å²) in [5.74, 6) is 0.781. The average Bonchev–Trinajstić information content (AvgIpc) is 2.33. The minimum atomic E-state index is 0.518. The van der Waals surface area contributed by atoms with Gasteiger partial charge in [-0.05, 0) is 31.3 Å². The van der Waals surface area contributed by atoms with Gasteiger partial charge in [-0.25, -0.2) is 0 Å². The predicted molar refractivity (Wildman–Crippen MR) is 57.9 cm³/mol. The summed E-state index contributed by atoms with van der Waals surface area (Å²) in [4.78, 5) is 2.47. The van der Waals surface area contributed by atoms with Gasteiger partial charge in [-0.3, -0.25) is 0 Å². The Kier molecular flexibility index (Phi) is 3.74. The summed E-state index contributed by atoms with van der Waals surface area (Å²) in [6.45, 7) is 11.8. The van der Waals surface area contributed by atoms with Crippen LogP contribution in [0.25, 0.3) is 0 Å². The molecule has 1 rings (SSSR count). The summed E-state index contributed by atoms with van der Waals surface area (Å²) in [6.07, 6.45) is 1.33. The number of nitrogens with one attached hydrogen (secondary N) is 1. The first-order valence-electron chi connectivity index (χ1n) is 5.41. The Morgan fingerprint density at radius 2 is 2.15 bits per heavy atom. The highest BCUT2D eigenvalue weighted by molar-refractivity contribution is 4.86. The molecule has 0 aromatic rings. The molecule has 0 aliphatic carbocycles. The van der Waals surface area contributed by atoms with Gasteiger partial charge >= 0.3 is 0 Å². The van der Waals surface area contributed by atoms with Gasteiger partial charge in [0.2, 0.25) is 0 Å². The third-order valence-electron chi connectivity index (χ3n) is 2.79. The van der Waals surface area contributed by atoms with Gasteiger partial charge < -0.3 is 10.2 Å². The second-order valence-corrected chi connectivity index (χ2v) is 5.33. The Morgan fingerprint density at radius 1 is 1.46 bits per heavy atom. The van der Waals surface area contributed by atoms with Gasteiger partial charge in [-0.1, -0.05) is 20.8 Å². The second-order valence-electron chi connectivity index (χ2n) is 5.33. The lowest BCUT2D eigenvalue weighted by molar-refractivity contribution is 0.193. The van der Waals surface area contributed by atoms with E-state index in [4.69, 9.17) is 0 Å². The fourth-order valence-electron chi connectivity index (χ4n) is 2.34. The Labute approximate surface area is 82.7 Å². The van der Waals surface area contributed by atoms with Crippen molar-refractivity contribution in [1.29, 1.82) is 0 Å². The highest BCUT2D eigenvalue weighted by Gasteiger charge is 2.29. The Morgan fingerprint density at radius 3 is 2.62 bits per heavy atom. The highest BCUT2D eigenvalue weighted by Crippen LogP contribution is 2.25. The lowest BCUT2D eigenvalue weighted by atomic mass is 9.89. The van der Waals surface area contributed by atoms with E-state index in [9.17, 15) is 0 Å². The Hall–Kier alpha value is -0.0800. The first kappa shape index (κ1) is 11.0. The van der Waals surface area contributed by atoms with Crippen molar-refractivity contribution in [1.82, 2.24) is 10.2 Å². The Balaban J connectivity index is 2.29. The topological polar surface area (TPSA) is 15.3 Å². The zero-order valence-electron chi connectivity index (χ0n) is 9.56. The molecule has 1 aliphatic rings.